The van der Waals surface area contributed by atoms with Crippen molar-refractivity contribution in [1.82, 2.24) is 19.3 Å². The van der Waals surface area contributed by atoms with Crippen molar-refractivity contribution in [2.45, 2.75) is 37.0 Å². The molecule has 4 aromatic rings. The van der Waals surface area contributed by atoms with E-state index in [4.69, 9.17) is 4.42 Å². The molecule has 0 amide bonds. The predicted molar refractivity (Wildman–Crippen MR) is 109 cm³/mol. The lowest BCUT2D eigenvalue weighted by molar-refractivity contribution is 0.514. The molecular weight excluding hydrogens is 372 g/mol. The lowest BCUT2D eigenvalue weighted by Gasteiger charge is -2.10. The summed E-state index contributed by atoms with van der Waals surface area (Å²) in [5.74, 6) is 2.02. The highest BCUT2D eigenvalue weighted by Crippen LogP contribution is 2.40. The molecule has 0 radical (unpaired) electrons. The zero-order valence-electron chi connectivity index (χ0n) is 15.3. The van der Waals surface area contributed by atoms with Crippen LogP contribution in [0.25, 0.3) is 11.1 Å². The molecule has 142 valence electrons. The van der Waals surface area contributed by atoms with Gasteiger partial charge >= 0.3 is 5.76 Å². The number of aryl methyl sites for hydroxylation is 1. The van der Waals surface area contributed by atoms with E-state index in [1.165, 1.54) is 18.4 Å². The largest absolute Gasteiger partial charge is 0.419 e. The van der Waals surface area contributed by atoms with Crippen LogP contribution in [0.3, 0.4) is 0 Å². The van der Waals surface area contributed by atoms with Crippen molar-refractivity contribution < 1.29 is 4.42 Å². The van der Waals surface area contributed by atoms with Gasteiger partial charge in [-0.2, -0.15) is 0 Å². The van der Waals surface area contributed by atoms with Crippen molar-refractivity contribution >= 4 is 22.9 Å². The Morgan fingerprint density at radius 2 is 1.79 bits per heavy atom. The number of thioether (sulfide) groups is 1. The molecule has 0 unspecified atom stereocenters. The normalized spacial score (nSPS) is 14.0. The van der Waals surface area contributed by atoms with Gasteiger partial charge in [0.15, 0.2) is 10.7 Å². The molecule has 5 rings (SSSR count). The minimum atomic E-state index is -0.314. The predicted octanol–water partition coefficient (Wildman–Crippen LogP) is 3.90. The Hall–Kier alpha value is -2.80. The number of para-hydroxylation sites is 2. The van der Waals surface area contributed by atoms with Crippen LogP contribution < -0.4 is 5.76 Å². The fourth-order valence-electron chi connectivity index (χ4n) is 3.42. The van der Waals surface area contributed by atoms with Crippen molar-refractivity contribution in [2.75, 3.05) is 5.75 Å². The molecule has 1 aliphatic carbocycles. The Balaban J connectivity index is 1.35. The molecule has 1 saturated carbocycles. The maximum Gasteiger partial charge on any atom is 0.419 e. The molecule has 0 saturated heterocycles. The summed E-state index contributed by atoms with van der Waals surface area (Å²) in [4.78, 5) is 12.1. The Morgan fingerprint density at radius 3 is 2.61 bits per heavy atom. The second-order valence-corrected chi connectivity index (χ2v) is 8.08. The van der Waals surface area contributed by atoms with E-state index in [0.717, 1.165) is 28.8 Å². The number of benzene rings is 2. The zero-order valence-corrected chi connectivity index (χ0v) is 16.1. The summed E-state index contributed by atoms with van der Waals surface area (Å²) in [6, 6.07) is 17.9. The van der Waals surface area contributed by atoms with Gasteiger partial charge in [-0.15, -0.1) is 10.2 Å². The number of fused-ring (bicyclic) bond motifs is 1. The van der Waals surface area contributed by atoms with Crippen LogP contribution in [0, 0.1) is 0 Å². The van der Waals surface area contributed by atoms with E-state index in [1.54, 1.807) is 16.3 Å². The van der Waals surface area contributed by atoms with Gasteiger partial charge in [-0.3, -0.25) is 4.57 Å². The third kappa shape index (κ3) is 3.38. The first-order valence-electron chi connectivity index (χ1n) is 9.48. The van der Waals surface area contributed by atoms with E-state index in [-0.39, 0.29) is 5.76 Å². The fraction of sp³-hybridized carbons (Fsp3) is 0.286. The molecule has 2 aromatic heterocycles. The number of aromatic nitrogens is 4. The van der Waals surface area contributed by atoms with Gasteiger partial charge in [0.2, 0.25) is 0 Å². The lowest BCUT2D eigenvalue weighted by atomic mass is 10.2. The first-order chi connectivity index (χ1) is 13.8. The SMILES string of the molecule is O=c1oc2ccccc2n1CCSc1nnc(C2CC2)n1Cc1ccccc1. The molecule has 0 spiro atoms. The quantitative estimate of drug-likeness (QED) is 0.446. The van der Waals surface area contributed by atoms with Crippen molar-refractivity contribution in [2.24, 2.45) is 0 Å². The summed E-state index contributed by atoms with van der Waals surface area (Å²) in [6.07, 6.45) is 2.38. The standard InChI is InChI=1S/C21H20N4O2S/c26-21-24(17-8-4-5-9-18(17)27-21)12-13-28-20-23-22-19(16-10-11-16)25(20)14-15-6-2-1-3-7-15/h1-9,16H,10-14H2. The third-order valence-corrected chi connectivity index (χ3v) is 5.94. The Labute approximate surface area is 166 Å². The van der Waals surface area contributed by atoms with Crippen LogP contribution in [-0.2, 0) is 13.1 Å². The number of nitrogens with zero attached hydrogens (tertiary/aromatic N) is 4. The first kappa shape index (κ1) is 17.3. The van der Waals surface area contributed by atoms with Crippen LogP contribution in [0.1, 0.15) is 30.1 Å². The molecule has 2 heterocycles. The maximum absolute atomic E-state index is 12.1. The summed E-state index contributed by atoms with van der Waals surface area (Å²) < 4.78 is 9.23. The summed E-state index contributed by atoms with van der Waals surface area (Å²) in [6.45, 7) is 1.34. The van der Waals surface area contributed by atoms with Crippen LogP contribution in [-0.4, -0.2) is 25.1 Å². The number of hydrogen-bond acceptors (Lipinski definition) is 5. The van der Waals surface area contributed by atoms with Gasteiger partial charge in [0.05, 0.1) is 12.1 Å². The molecule has 0 bridgehead atoms. The Bertz CT molecular complexity index is 1160. The zero-order chi connectivity index (χ0) is 18.9. The van der Waals surface area contributed by atoms with Gasteiger partial charge in [0.1, 0.15) is 5.82 Å². The minimum Gasteiger partial charge on any atom is -0.408 e. The second kappa shape index (κ2) is 7.31. The molecule has 0 atom stereocenters. The average Bonchev–Trinajstić information content (AvgIpc) is 3.41. The number of rotatable bonds is 7. The first-order valence-corrected chi connectivity index (χ1v) is 10.5. The van der Waals surface area contributed by atoms with Crippen LogP contribution in [0.15, 0.2) is 69.0 Å². The molecule has 28 heavy (non-hydrogen) atoms. The molecular formula is C21H20N4O2S. The summed E-state index contributed by atoms with van der Waals surface area (Å²) in [5.41, 5.74) is 2.70. The second-order valence-electron chi connectivity index (χ2n) is 7.02. The highest BCUT2D eigenvalue weighted by molar-refractivity contribution is 7.99. The van der Waals surface area contributed by atoms with Crippen molar-refractivity contribution in [3.05, 3.63) is 76.5 Å². The summed E-state index contributed by atoms with van der Waals surface area (Å²) in [5, 5.41) is 9.81. The van der Waals surface area contributed by atoms with E-state index in [9.17, 15) is 4.79 Å². The number of oxazole rings is 1. The van der Waals surface area contributed by atoms with E-state index in [2.05, 4.69) is 39.0 Å². The highest BCUT2D eigenvalue weighted by atomic mass is 32.2. The van der Waals surface area contributed by atoms with Gasteiger partial charge < -0.3 is 8.98 Å². The van der Waals surface area contributed by atoms with Gasteiger partial charge in [0.25, 0.3) is 0 Å². The van der Waals surface area contributed by atoms with Crippen molar-refractivity contribution in [3.63, 3.8) is 0 Å². The van der Waals surface area contributed by atoms with Crippen LogP contribution in [0.2, 0.25) is 0 Å². The smallest absolute Gasteiger partial charge is 0.408 e. The van der Waals surface area contributed by atoms with E-state index < -0.39 is 0 Å². The third-order valence-electron chi connectivity index (χ3n) is 4.99. The van der Waals surface area contributed by atoms with E-state index >= 15 is 0 Å². The average molecular weight is 392 g/mol. The summed E-state index contributed by atoms with van der Waals surface area (Å²) in [7, 11) is 0. The molecule has 1 aliphatic rings. The van der Waals surface area contributed by atoms with Crippen LogP contribution in [0.5, 0.6) is 0 Å². The molecule has 0 N–H and O–H groups in total. The molecule has 2 aromatic carbocycles. The van der Waals surface area contributed by atoms with E-state index in [1.807, 2.05) is 30.3 Å². The topological polar surface area (TPSA) is 65.8 Å². The van der Waals surface area contributed by atoms with Gasteiger partial charge in [-0.1, -0.05) is 54.2 Å². The van der Waals surface area contributed by atoms with Crippen LogP contribution in [0.4, 0.5) is 0 Å². The van der Waals surface area contributed by atoms with Gasteiger partial charge in [-0.25, -0.2) is 4.79 Å². The van der Waals surface area contributed by atoms with Crippen LogP contribution >= 0.6 is 11.8 Å². The van der Waals surface area contributed by atoms with Crippen molar-refractivity contribution in [1.29, 1.82) is 0 Å². The Morgan fingerprint density at radius 1 is 1.00 bits per heavy atom. The monoisotopic (exact) mass is 392 g/mol. The molecule has 7 heteroatoms. The highest BCUT2D eigenvalue weighted by Gasteiger charge is 2.30. The number of hydrogen-bond donors (Lipinski definition) is 0. The molecule has 1 fully saturated rings. The van der Waals surface area contributed by atoms with Gasteiger partial charge in [-0.05, 0) is 30.5 Å². The fourth-order valence-corrected chi connectivity index (χ4v) is 4.29. The molecule has 6 nitrogen and oxygen atoms in total. The molecule has 0 aliphatic heterocycles. The Kier molecular flexibility index (Phi) is 4.52. The van der Waals surface area contributed by atoms with Gasteiger partial charge in [0, 0.05) is 18.2 Å². The lowest BCUT2D eigenvalue weighted by Crippen LogP contribution is -2.15. The van der Waals surface area contributed by atoms with Crippen molar-refractivity contribution in [3.8, 4) is 0 Å². The van der Waals surface area contributed by atoms with E-state index in [0.29, 0.717) is 18.0 Å². The maximum atomic E-state index is 12.1. The summed E-state index contributed by atoms with van der Waals surface area (Å²) >= 11 is 1.64. The minimum absolute atomic E-state index is 0.314.